The van der Waals surface area contributed by atoms with E-state index in [-0.39, 0.29) is 4.90 Å². The SMILES string of the molecule is COC(=O)C(CS(=O)(=O)c1ccc(Sc2ccccc2)cc1)NC(C)=O. The number of carbonyl (C=O) groups is 2. The molecule has 0 aliphatic rings. The van der Waals surface area contributed by atoms with Crippen molar-refractivity contribution >= 4 is 33.5 Å². The Bertz CT molecular complexity index is 864. The van der Waals surface area contributed by atoms with Crippen LogP contribution in [0.4, 0.5) is 0 Å². The van der Waals surface area contributed by atoms with Crippen molar-refractivity contribution in [2.45, 2.75) is 27.7 Å². The molecule has 2 aromatic rings. The summed E-state index contributed by atoms with van der Waals surface area (Å²) in [6, 6.07) is 14.8. The minimum atomic E-state index is -3.77. The molecule has 0 heterocycles. The summed E-state index contributed by atoms with van der Waals surface area (Å²) in [6.45, 7) is 1.21. The van der Waals surface area contributed by atoms with Crippen LogP contribution in [0.1, 0.15) is 6.92 Å². The lowest BCUT2D eigenvalue weighted by Crippen LogP contribution is -2.45. The van der Waals surface area contributed by atoms with E-state index in [0.29, 0.717) is 0 Å². The van der Waals surface area contributed by atoms with Crippen LogP contribution >= 0.6 is 11.8 Å². The Morgan fingerprint density at radius 3 is 2.15 bits per heavy atom. The van der Waals surface area contributed by atoms with E-state index in [1.54, 1.807) is 12.1 Å². The number of sulfone groups is 1. The third-order valence-electron chi connectivity index (χ3n) is 3.41. The molecular weight excluding hydrogens is 374 g/mol. The fourth-order valence-electron chi connectivity index (χ4n) is 2.21. The molecule has 6 nitrogen and oxygen atoms in total. The first-order valence-electron chi connectivity index (χ1n) is 7.72. The summed E-state index contributed by atoms with van der Waals surface area (Å²) in [6.07, 6.45) is 0. The third kappa shape index (κ3) is 5.60. The molecule has 0 radical (unpaired) electrons. The van der Waals surface area contributed by atoms with Crippen molar-refractivity contribution in [1.82, 2.24) is 5.32 Å². The average Bonchev–Trinajstić information content (AvgIpc) is 2.61. The van der Waals surface area contributed by atoms with Gasteiger partial charge >= 0.3 is 5.97 Å². The Kier molecular flexibility index (Phi) is 6.82. The van der Waals surface area contributed by atoms with Gasteiger partial charge in [-0.3, -0.25) is 4.79 Å². The molecule has 0 spiro atoms. The van der Waals surface area contributed by atoms with Crippen LogP contribution in [-0.2, 0) is 24.2 Å². The smallest absolute Gasteiger partial charge is 0.329 e. The zero-order valence-electron chi connectivity index (χ0n) is 14.3. The van der Waals surface area contributed by atoms with Gasteiger partial charge in [0.25, 0.3) is 0 Å². The number of hydrogen-bond acceptors (Lipinski definition) is 6. The first-order valence-corrected chi connectivity index (χ1v) is 10.2. The number of carbonyl (C=O) groups excluding carboxylic acids is 2. The predicted octanol–water partition coefficient (Wildman–Crippen LogP) is 2.29. The van der Waals surface area contributed by atoms with Crippen molar-refractivity contribution in [3.8, 4) is 0 Å². The molecule has 1 unspecified atom stereocenters. The zero-order valence-corrected chi connectivity index (χ0v) is 16.0. The number of nitrogens with one attached hydrogen (secondary N) is 1. The molecule has 0 saturated heterocycles. The number of benzene rings is 2. The molecule has 8 heteroatoms. The standard InChI is InChI=1S/C18H19NO5S2/c1-13(20)19-17(18(21)24-2)12-26(22,23)16-10-8-15(9-11-16)25-14-6-4-3-5-7-14/h3-11,17H,12H2,1-2H3,(H,19,20). The van der Waals surface area contributed by atoms with Gasteiger partial charge in [0.15, 0.2) is 9.84 Å². The number of hydrogen-bond donors (Lipinski definition) is 1. The highest BCUT2D eigenvalue weighted by atomic mass is 32.2. The number of esters is 1. The fraction of sp³-hybridized carbons (Fsp3) is 0.222. The topological polar surface area (TPSA) is 89.5 Å². The highest BCUT2D eigenvalue weighted by Gasteiger charge is 2.28. The number of amides is 1. The van der Waals surface area contributed by atoms with E-state index in [1.807, 2.05) is 30.3 Å². The Morgan fingerprint density at radius 2 is 1.62 bits per heavy atom. The Hall–Kier alpha value is -2.32. The molecule has 2 aromatic carbocycles. The molecular formula is C18H19NO5S2. The van der Waals surface area contributed by atoms with Gasteiger partial charge in [0, 0.05) is 16.7 Å². The number of rotatable bonds is 7. The Balaban J connectivity index is 2.15. The maximum atomic E-state index is 12.5. The lowest BCUT2D eigenvalue weighted by molar-refractivity contribution is -0.144. The van der Waals surface area contributed by atoms with Crippen molar-refractivity contribution in [1.29, 1.82) is 0 Å². The molecule has 26 heavy (non-hydrogen) atoms. The molecule has 1 amide bonds. The molecule has 0 aromatic heterocycles. The van der Waals surface area contributed by atoms with Crippen molar-refractivity contribution in [3.63, 3.8) is 0 Å². The quantitative estimate of drug-likeness (QED) is 0.726. The molecule has 0 bridgehead atoms. The van der Waals surface area contributed by atoms with Gasteiger partial charge in [0.05, 0.1) is 17.8 Å². The molecule has 1 atom stereocenters. The van der Waals surface area contributed by atoms with Gasteiger partial charge in [-0.25, -0.2) is 13.2 Å². The molecule has 138 valence electrons. The van der Waals surface area contributed by atoms with E-state index < -0.39 is 33.5 Å². The second-order valence-electron chi connectivity index (χ2n) is 5.44. The van der Waals surface area contributed by atoms with Crippen molar-refractivity contribution in [2.75, 3.05) is 12.9 Å². The van der Waals surface area contributed by atoms with Gasteiger partial charge in [-0.1, -0.05) is 30.0 Å². The summed E-state index contributed by atoms with van der Waals surface area (Å²) in [5, 5.41) is 2.30. The van der Waals surface area contributed by atoms with Crippen LogP contribution in [0.2, 0.25) is 0 Å². The molecule has 2 rings (SSSR count). The van der Waals surface area contributed by atoms with Crippen LogP contribution in [0.25, 0.3) is 0 Å². The van der Waals surface area contributed by atoms with Crippen LogP contribution in [0.15, 0.2) is 69.3 Å². The minimum absolute atomic E-state index is 0.0779. The van der Waals surface area contributed by atoms with Crippen molar-refractivity contribution < 1.29 is 22.7 Å². The van der Waals surface area contributed by atoms with Crippen molar-refractivity contribution in [3.05, 3.63) is 54.6 Å². The minimum Gasteiger partial charge on any atom is -0.467 e. The lowest BCUT2D eigenvalue weighted by atomic mass is 10.3. The van der Waals surface area contributed by atoms with Crippen LogP contribution in [0, 0.1) is 0 Å². The number of ether oxygens (including phenoxy) is 1. The van der Waals surface area contributed by atoms with E-state index in [2.05, 4.69) is 10.1 Å². The van der Waals surface area contributed by atoms with E-state index >= 15 is 0 Å². The highest BCUT2D eigenvalue weighted by Crippen LogP contribution is 2.28. The van der Waals surface area contributed by atoms with Gasteiger partial charge in [-0.2, -0.15) is 0 Å². The molecule has 0 aliphatic carbocycles. The van der Waals surface area contributed by atoms with Crippen LogP contribution in [0.5, 0.6) is 0 Å². The van der Waals surface area contributed by atoms with E-state index in [4.69, 9.17) is 0 Å². The monoisotopic (exact) mass is 393 g/mol. The van der Waals surface area contributed by atoms with E-state index in [0.717, 1.165) is 16.9 Å². The average molecular weight is 393 g/mol. The normalized spacial score (nSPS) is 12.2. The largest absolute Gasteiger partial charge is 0.467 e. The first-order chi connectivity index (χ1) is 12.3. The van der Waals surface area contributed by atoms with E-state index in [9.17, 15) is 18.0 Å². The van der Waals surface area contributed by atoms with E-state index in [1.165, 1.54) is 30.8 Å². The summed E-state index contributed by atoms with van der Waals surface area (Å²) in [7, 11) is -2.64. The predicted molar refractivity (Wildman–Crippen MR) is 98.7 cm³/mol. The fourth-order valence-corrected chi connectivity index (χ4v) is 4.45. The van der Waals surface area contributed by atoms with Gasteiger partial charge in [0.2, 0.25) is 5.91 Å². The van der Waals surface area contributed by atoms with Gasteiger partial charge in [-0.05, 0) is 36.4 Å². The second-order valence-corrected chi connectivity index (χ2v) is 8.63. The second kappa shape index (κ2) is 8.86. The summed E-state index contributed by atoms with van der Waals surface area (Å²) >= 11 is 1.51. The first kappa shape index (κ1) is 20.0. The van der Waals surface area contributed by atoms with Crippen LogP contribution in [-0.4, -0.2) is 39.2 Å². The summed E-state index contributed by atoms with van der Waals surface area (Å²) in [5.41, 5.74) is 0. The highest BCUT2D eigenvalue weighted by molar-refractivity contribution is 7.99. The molecule has 1 N–H and O–H groups in total. The lowest BCUT2D eigenvalue weighted by Gasteiger charge is -2.15. The third-order valence-corrected chi connectivity index (χ3v) is 6.19. The van der Waals surface area contributed by atoms with Gasteiger partial charge < -0.3 is 10.1 Å². The summed E-state index contributed by atoms with van der Waals surface area (Å²) in [5.74, 6) is -1.88. The molecule has 0 saturated carbocycles. The maximum Gasteiger partial charge on any atom is 0.329 e. The van der Waals surface area contributed by atoms with Crippen LogP contribution < -0.4 is 5.32 Å². The van der Waals surface area contributed by atoms with Crippen molar-refractivity contribution in [2.24, 2.45) is 0 Å². The summed E-state index contributed by atoms with van der Waals surface area (Å²) in [4.78, 5) is 24.9. The summed E-state index contributed by atoms with van der Waals surface area (Å²) < 4.78 is 29.7. The van der Waals surface area contributed by atoms with Crippen LogP contribution in [0.3, 0.4) is 0 Å². The maximum absolute atomic E-state index is 12.5. The molecule has 0 fully saturated rings. The van der Waals surface area contributed by atoms with Gasteiger partial charge in [0.1, 0.15) is 6.04 Å². The molecule has 0 aliphatic heterocycles. The zero-order chi connectivity index (χ0) is 19.2. The Labute approximate surface area is 156 Å². The Morgan fingerprint density at radius 1 is 1.04 bits per heavy atom. The van der Waals surface area contributed by atoms with Gasteiger partial charge in [-0.15, -0.1) is 0 Å². The number of methoxy groups -OCH3 is 1.